The highest BCUT2D eigenvalue weighted by Gasteiger charge is 2.18. The normalized spacial score (nSPS) is 10.9. The lowest BCUT2D eigenvalue weighted by Crippen LogP contribution is -2.16. The number of hydrogen-bond acceptors (Lipinski definition) is 4. The highest BCUT2D eigenvalue weighted by molar-refractivity contribution is 7.92. The Morgan fingerprint density at radius 3 is 2.42 bits per heavy atom. The van der Waals surface area contributed by atoms with Crippen molar-refractivity contribution in [3.8, 4) is 0 Å². The monoisotopic (exact) mass is 278 g/mol. The van der Waals surface area contributed by atoms with Crippen LogP contribution in [0.1, 0.15) is 10.4 Å². The molecule has 2 rings (SSSR count). The molecule has 1 aromatic carbocycles. The summed E-state index contributed by atoms with van der Waals surface area (Å²) in [5.41, 5.74) is -0.206. The van der Waals surface area contributed by atoms with Crippen LogP contribution in [-0.2, 0) is 10.0 Å². The second-order valence-electron chi connectivity index (χ2n) is 3.62. The Morgan fingerprint density at radius 2 is 1.79 bits per heavy atom. The maximum absolute atomic E-state index is 12.0. The summed E-state index contributed by atoms with van der Waals surface area (Å²) in [6, 6.07) is 10.3. The number of nitrogens with one attached hydrogen (secondary N) is 1. The van der Waals surface area contributed by atoms with Crippen molar-refractivity contribution in [3.63, 3.8) is 0 Å². The van der Waals surface area contributed by atoms with Crippen LogP contribution in [0, 0.1) is 0 Å². The number of nitrogens with zero attached hydrogens (tertiary/aromatic N) is 1. The summed E-state index contributed by atoms with van der Waals surface area (Å²) in [5.74, 6) is -1.46. The third-order valence-corrected chi connectivity index (χ3v) is 3.68. The number of carbonyl (C=O) groups is 1. The Kier molecular flexibility index (Phi) is 3.48. The van der Waals surface area contributed by atoms with Crippen molar-refractivity contribution in [1.29, 1.82) is 0 Å². The molecule has 2 aromatic rings. The number of rotatable bonds is 4. The van der Waals surface area contributed by atoms with Gasteiger partial charge in [-0.05, 0) is 24.3 Å². The van der Waals surface area contributed by atoms with E-state index in [1.54, 1.807) is 18.2 Å². The molecule has 2 N–H and O–H groups in total. The van der Waals surface area contributed by atoms with Gasteiger partial charge in [0.1, 0.15) is 5.56 Å². The first kappa shape index (κ1) is 13.0. The molecule has 98 valence electrons. The van der Waals surface area contributed by atoms with Crippen LogP contribution in [0.15, 0.2) is 53.6 Å². The molecular formula is C12H10N2O4S. The van der Waals surface area contributed by atoms with Crippen LogP contribution in [0.4, 0.5) is 5.82 Å². The van der Waals surface area contributed by atoms with E-state index in [9.17, 15) is 13.2 Å². The topological polar surface area (TPSA) is 96.4 Å². The fourth-order valence-corrected chi connectivity index (χ4v) is 2.50. The summed E-state index contributed by atoms with van der Waals surface area (Å²) in [5, 5.41) is 8.96. The van der Waals surface area contributed by atoms with Crippen LogP contribution in [-0.4, -0.2) is 24.5 Å². The maximum atomic E-state index is 12.0. The molecule has 1 aromatic heterocycles. The number of hydrogen-bond donors (Lipinski definition) is 2. The van der Waals surface area contributed by atoms with Gasteiger partial charge in [-0.3, -0.25) is 4.72 Å². The van der Waals surface area contributed by atoms with E-state index in [1.165, 1.54) is 30.5 Å². The number of pyridine rings is 1. The van der Waals surface area contributed by atoms with E-state index < -0.39 is 16.0 Å². The Morgan fingerprint density at radius 1 is 1.11 bits per heavy atom. The molecule has 19 heavy (non-hydrogen) atoms. The van der Waals surface area contributed by atoms with Gasteiger partial charge in [0.15, 0.2) is 5.82 Å². The SMILES string of the molecule is O=C(O)c1cccnc1NS(=O)(=O)c1ccccc1. The lowest BCUT2D eigenvalue weighted by Gasteiger charge is -2.09. The molecule has 0 amide bonds. The first-order valence-electron chi connectivity index (χ1n) is 5.27. The minimum atomic E-state index is -3.85. The molecule has 0 spiro atoms. The molecule has 0 saturated carbocycles. The van der Waals surface area contributed by atoms with Crippen molar-refractivity contribution in [1.82, 2.24) is 4.98 Å². The fourth-order valence-electron chi connectivity index (χ4n) is 1.45. The van der Waals surface area contributed by atoms with Gasteiger partial charge in [0.2, 0.25) is 0 Å². The summed E-state index contributed by atoms with van der Waals surface area (Å²) >= 11 is 0. The molecular weight excluding hydrogens is 268 g/mol. The molecule has 0 saturated heterocycles. The molecule has 0 fully saturated rings. The number of aromatic nitrogens is 1. The van der Waals surface area contributed by atoms with Gasteiger partial charge in [-0.25, -0.2) is 18.2 Å². The lowest BCUT2D eigenvalue weighted by molar-refractivity contribution is 0.0697. The first-order chi connectivity index (χ1) is 9.00. The smallest absolute Gasteiger partial charge is 0.339 e. The predicted octanol–water partition coefficient (Wildman–Crippen LogP) is 1.58. The molecule has 0 atom stereocenters. The van der Waals surface area contributed by atoms with E-state index in [0.29, 0.717) is 0 Å². The zero-order chi connectivity index (χ0) is 13.9. The minimum Gasteiger partial charge on any atom is -0.478 e. The summed E-state index contributed by atoms with van der Waals surface area (Å²) in [4.78, 5) is 14.7. The predicted molar refractivity (Wildman–Crippen MR) is 68.4 cm³/mol. The number of anilines is 1. The Hall–Kier alpha value is -2.41. The standard InChI is InChI=1S/C12H10N2O4S/c15-12(16)10-7-4-8-13-11(10)14-19(17,18)9-5-2-1-3-6-9/h1-8H,(H,13,14)(H,15,16). The summed E-state index contributed by atoms with van der Waals surface area (Å²) < 4.78 is 26.2. The highest BCUT2D eigenvalue weighted by atomic mass is 32.2. The molecule has 6 nitrogen and oxygen atoms in total. The van der Waals surface area contributed by atoms with Gasteiger partial charge >= 0.3 is 5.97 Å². The third kappa shape index (κ3) is 2.89. The van der Waals surface area contributed by atoms with E-state index in [1.807, 2.05) is 0 Å². The first-order valence-corrected chi connectivity index (χ1v) is 6.75. The van der Waals surface area contributed by atoms with Crippen LogP contribution >= 0.6 is 0 Å². The van der Waals surface area contributed by atoms with Crippen LogP contribution < -0.4 is 4.72 Å². The number of benzene rings is 1. The molecule has 0 unspecified atom stereocenters. The number of carboxylic acid groups (broad SMARTS) is 1. The third-order valence-electron chi connectivity index (χ3n) is 2.32. The molecule has 0 bridgehead atoms. The van der Waals surface area contributed by atoms with Crippen LogP contribution in [0.5, 0.6) is 0 Å². The lowest BCUT2D eigenvalue weighted by atomic mass is 10.3. The van der Waals surface area contributed by atoms with Gasteiger partial charge < -0.3 is 5.11 Å². The van der Waals surface area contributed by atoms with Gasteiger partial charge in [-0.1, -0.05) is 18.2 Å². The van der Waals surface area contributed by atoms with Crippen molar-refractivity contribution >= 4 is 21.8 Å². The average Bonchev–Trinajstić information content (AvgIpc) is 2.39. The van der Waals surface area contributed by atoms with Crippen LogP contribution in [0.3, 0.4) is 0 Å². The molecule has 1 heterocycles. The molecule has 0 radical (unpaired) electrons. The van der Waals surface area contributed by atoms with Gasteiger partial charge in [-0.2, -0.15) is 0 Å². The van der Waals surface area contributed by atoms with Crippen molar-refractivity contribution < 1.29 is 18.3 Å². The summed E-state index contributed by atoms with van der Waals surface area (Å²) in [6.07, 6.45) is 1.31. The van der Waals surface area contributed by atoms with E-state index in [2.05, 4.69) is 9.71 Å². The van der Waals surface area contributed by atoms with Crippen molar-refractivity contribution in [2.75, 3.05) is 4.72 Å². The van der Waals surface area contributed by atoms with Gasteiger partial charge in [0.05, 0.1) is 4.90 Å². The number of aromatic carboxylic acids is 1. The van der Waals surface area contributed by atoms with Crippen molar-refractivity contribution in [3.05, 3.63) is 54.2 Å². The van der Waals surface area contributed by atoms with Crippen molar-refractivity contribution in [2.45, 2.75) is 4.90 Å². The number of sulfonamides is 1. The van der Waals surface area contributed by atoms with E-state index in [0.717, 1.165) is 0 Å². The largest absolute Gasteiger partial charge is 0.478 e. The maximum Gasteiger partial charge on any atom is 0.339 e. The van der Waals surface area contributed by atoms with Gasteiger partial charge in [-0.15, -0.1) is 0 Å². The van der Waals surface area contributed by atoms with Crippen LogP contribution in [0.25, 0.3) is 0 Å². The second kappa shape index (κ2) is 5.07. The van der Waals surface area contributed by atoms with Gasteiger partial charge in [0.25, 0.3) is 10.0 Å². The summed E-state index contributed by atoms with van der Waals surface area (Å²) in [6.45, 7) is 0. The Bertz CT molecular complexity index is 699. The zero-order valence-electron chi connectivity index (χ0n) is 9.65. The van der Waals surface area contributed by atoms with Gasteiger partial charge in [0, 0.05) is 6.20 Å². The fraction of sp³-hybridized carbons (Fsp3) is 0. The highest BCUT2D eigenvalue weighted by Crippen LogP contribution is 2.17. The van der Waals surface area contributed by atoms with Crippen molar-refractivity contribution in [2.24, 2.45) is 0 Å². The molecule has 0 aliphatic carbocycles. The summed E-state index contributed by atoms with van der Waals surface area (Å²) in [7, 11) is -3.85. The molecule has 0 aliphatic rings. The minimum absolute atomic E-state index is 0.0389. The Balaban J connectivity index is 2.39. The van der Waals surface area contributed by atoms with E-state index in [4.69, 9.17) is 5.11 Å². The van der Waals surface area contributed by atoms with E-state index in [-0.39, 0.29) is 16.3 Å². The molecule has 0 aliphatic heterocycles. The van der Waals surface area contributed by atoms with Crippen LogP contribution in [0.2, 0.25) is 0 Å². The molecule has 7 heteroatoms. The average molecular weight is 278 g/mol. The zero-order valence-corrected chi connectivity index (χ0v) is 10.5. The van der Waals surface area contributed by atoms with E-state index >= 15 is 0 Å². The number of carboxylic acids is 1. The Labute approximate surface area is 109 Å². The quantitative estimate of drug-likeness (QED) is 0.885. The second-order valence-corrected chi connectivity index (χ2v) is 5.31.